The van der Waals surface area contributed by atoms with E-state index in [2.05, 4.69) is 15.1 Å². The summed E-state index contributed by atoms with van der Waals surface area (Å²) in [5.41, 5.74) is 5.08. The molecule has 0 aliphatic carbocycles. The number of oxime groups is 1. The summed E-state index contributed by atoms with van der Waals surface area (Å²) in [6, 6.07) is 11.4. The van der Waals surface area contributed by atoms with Gasteiger partial charge in [0.15, 0.2) is 5.88 Å². The number of hydrogen-bond acceptors (Lipinski definition) is 4. The van der Waals surface area contributed by atoms with E-state index >= 15 is 0 Å². The Morgan fingerprint density at radius 2 is 2.04 bits per heavy atom. The fraction of sp³-hybridized carbons (Fsp3) is 0.111. The van der Waals surface area contributed by atoms with Crippen molar-refractivity contribution in [1.82, 2.24) is 4.98 Å². The quantitative estimate of drug-likeness (QED) is 0.682. The average molecular weight is 340 g/mol. The number of aromatic amines is 1. The van der Waals surface area contributed by atoms with Crippen LogP contribution in [0.4, 0.5) is 5.69 Å². The van der Waals surface area contributed by atoms with Crippen molar-refractivity contribution in [1.29, 1.82) is 0 Å². The fourth-order valence-electron chi connectivity index (χ4n) is 2.98. The van der Waals surface area contributed by atoms with Crippen LogP contribution < -0.4 is 0 Å². The number of halogens is 1. The molecule has 4 rings (SSSR count). The highest BCUT2D eigenvalue weighted by Crippen LogP contribution is 2.37. The number of nitrogens with zero attached hydrogens (tertiary/aromatic N) is 2. The number of aromatic hydroxyl groups is 1. The largest absolute Gasteiger partial charge is 0.494 e. The van der Waals surface area contributed by atoms with Crippen LogP contribution in [-0.4, -0.2) is 28.6 Å². The molecule has 0 amide bonds. The highest BCUT2D eigenvalue weighted by molar-refractivity contribution is 6.58. The third-order valence-corrected chi connectivity index (χ3v) is 4.50. The van der Waals surface area contributed by atoms with Gasteiger partial charge in [0.25, 0.3) is 0 Å². The fourth-order valence-corrected chi connectivity index (χ4v) is 3.14. The smallest absolute Gasteiger partial charge is 0.199 e. The molecule has 1 aliphatic heterocycles. The molecule has 0 spiro atoms. The summed E-state index contributed by atoms with van der Waals surface area (Å²) in [5.74, 6) is 0.0297. The van der Waals surface area contributed by atoms with E-state index in [1.807, 2.05) is 43.3 Å². The van der Waals surface area contributed by atoms with E-state index in [1.165, 1.54) is 7.11 Å². The Morgan fingerprint density at radius 1 is 1.25 bits per heavy atom. The van der Waals surface area contributed by atoms with Crippen LogP contribution >= 0.6 is 11.6 Å². The van der Waals surface area contributed by atoms with Crippen molar-refractivity contribution < 1.29 is 9.94 Å². The molecule has 0 saturated carbocycles. The molecule has 5 nitrogen and oxygen atoms in total. The summed E-state index contributed by atoms with van der Waals surface area (Å²) < 4.78 is 0. The maximum Gasteiger partial charge on any atom is 0.199 e. The van der Waals surface area contributed by atoms with Crippen molar-refractivity contribution >= 4 is 39.6 Å². The molecule has 120 valence electrons. The van der Waals surface area contributed by atoms with Gasteiger partial charge < -0.3 is 14.9 Å². The molecule has 2 aromatic carbocycles. The molecule has 24 heavy (non-hydrogen) atoms. The normalized spacial score (nSPS) is 15.0. The first-order chi connectivity index (χ1) is 11.6. The average Bonchev–Trinajstić information content (AvgIpc) is 3.06. The summed E-state index contributed by atoms with van der Waals surface area (Å²) in [7, 11) is 1.49. The maximum absolute atomic E-state index is 10.5. The molecule has 2 heterocycles. The van der Waals surface area contributed by atoms with Crippen molar-refractivity contribution in [3.63, 3.8) is 0 Å². The minimum absolute atomic E-state index is 0.0297. The second-order valence-corrected chi connectivity index (χ2v) is 6.00. The zero-order valence-corrected chi connectivity index (χ0v) is 13.8. The number of benzene rings is 2. The standard InChI is InChI=1S/C18H14ClN3O2/c1-9-7-14-11(8-12(9)19)15(18(23)21-14)17-16(22-24-2)10-5-3-4-6-13(10)20-17/h3-8,21,23H,1-2H3/b22-16+. The Bertz CT molecular complexity index is 1030. The van der Waals surface area contributed by atoms with Gasteiger partial charge in [-0.1, -0.05) is 35.0 Å². The Morgan fingerprint density at radius 3 is 2.83 bits per heavy atom. The molecule has 0 unspecified atom stereocenters. The van der Waals surface area contributed by atoms with Crippen LogP contribution in [-0.2, 0) is 4.84 Å². The molecule has 0 atom stereocenters. The van der Waals surface area contributed by atoms with E-state index in [9.17, 15) is 5.11 Å². The molecule has 0 saturated heterocycles. The minimum atomic E-state index is 0.0297. The van der Waals surface area contributed by atoms with E-state index in [1.54, 1.807) is 0 Å². The number of aryl methyl sites for hydroxylation is 1. The van der Waals surface area contributed by atoms with Gasteiger partial charge in [-0.15, -0.1) is 0 Å². The second kappa shape index (κ2) is 5.39. The molecule has 0 radical (unpaired) electrons. The second-order valence-electron chi connectivity index (χ2n) is 5.60. The molecule has 6 heteroatoms. The Balaban J connectivity index is 2.00. The first kappa shape index (κ1) is 14.8. The Kier molecular flexibility index (Phi) is 3.32. The lowest BCUT2D eigenvalue weighted by Gasteiger charge is -2.04. The number of para-hydroxylation sites is 1. The molecule has 1 aliphatic rings. The molecular weight excluding hydrogens is 326 g/mol. The van der Waals surface area contributed by atoms with Crippen LogP contribution in [0.3, 0.4) is 0 Å². The van der Waals surface area contributed by atoms with E-state index < -0.39 is 0 Å². The lowest BCUT2D eigenvalue weighted by atomic mass is 10.0. The number of rotatable bonds is 2. The molecule has 0 bridgehead atoms. The highest BCUT2D eigenvalue weighted by Gasteiger charge is 2.29. The van der Waals surface area contributed by atoms with E-state index in [0.717, 1.165) is 27.7 Å². The van der Waals surface area contributed by atoms with Crippen LogP contribution in [0.1, 0.15) is 16.7 Å². The van der Waals surface area contributed by atoms with Crippen LogP contribution in [0.2, 0.25) is 5.02 Å². The van der Waals surface area contributed by atoms with Gasteiger partial charge in [0, 0.05) is 21.5 Å². The number of nitrogens with one attached hydrogen (secondary N) is 1. The van der Waals surface area contributed by atoms with Gasteiger partial charge in [-0.3, -0.25) is 0 Å². The highest BCUT2D eigenvalue weighted by atomic mass is 35.5. The van der Waals surface area contributed by atoms with Crippen LogP contribution in [0.25, 0.3) is 10.9 Å². The monoisotopic (exact) mass is 339 g/mol. The minimum Gasteiger partial charge on any atom is -0.494 e. The summed E-state index contributed by atoms with van der Waals surface area (Å²) in [5, 5.41) is 16.0. The van der Waals surface area contributed by atoms with Crippen molar-refractivity contribution in [2.45, 2.75) is 6.92 Å². The number of fused-ring (bicyclic) bond motifs is 2. The molecular formula is C18H14ClN3O2. The van der Waals surface area contributed by atoms with E-state index in [0.29, 0.717) is 22.0 Å². The van der Waals surface area contributed by atoms with Crippen molar-refractivity contribution in [2.75, 3.05) is 7.11 Å². The zero-order valence-electron chi connectivity index (χ0n) is 13.1. The maximum atomic E-state index is 10.5. The lowest BCUT2D eigenvalue weighted by molar-refractivity contribution is 0.214. The summed E-state index contributed by atoms with van der Waals surface area (Å²) >= 11 is 6.27. The topological polar surface area (TPSA) is 70.0 Å². The zero-order chi connectivity index (χ0) is 16.8. The number of aromatic nitrogens is 1. The number of hydrogen-bond donors (Lipinski definition) is 2. The summed E-state index contributed by atoms with van der Waals surface area (Å²) in [6.45, 7) is 1.92. The van der Waals surface area contributed by atoms with Crippen LogP contribution in [0.15, 0.2) is 46.5 Å². The van der Waals surface area contributed by atoms with Gasteiger partial charge in [0.2, 0.25) is 0 Å². The summed E-state index contributed by atoms with van der Waals surface area (Å²) in [6.07, 6.45) is 0. The van der Waals surface area contributed by atoms with Crippen molar-refractivity contribution in [3.05, 3.63) is 58.1 Å². The van der Waals surface area contributed by atoms with Gasteiger partial charge in [0.1, 0.15) is 18.5 Å². The van der Waals surface area contributed by atoms with Crippen molar-refractivity contribution in [3.8, 4) is 5.88 Å². The van der Waals surface area contributed by atoms with Crippen LogP contribution in [0, 0.1) is 6.92 Å². The lowest BCUT2D eigenvalue weighted by Crippen LogP contribution is -2.13. The van der Waals surface area contributed by atoms with Gasteiger partial charge >= 0.3 is 0 Å². The number of H-pyrrole nitrogens is 1. The molecule has 3 aromatic rings. The van der Waals surface area contributed by atoms with Gasteiger partial charge in [-0.2, -0.15) is 0 Å². The van der Waals surface area contributed by atoms with Gasteiger partial charge in [-0.05, 0) is 30.7 Å². The van der Waals surface area contributed by atoms with Gasteiger partial charge in [-0.25, -0.2) is 4.99 Å². The third-order valence-electron chi connectivity index (χ3n) is 4.09. The number of aliphatic imine (C=N–C) groups is 1. The first-order valence-electron chi connectivity index (χ1n) is 7.41. The Labute approximate surface area is 143 Å². The molecule has 0 fully saturated rings. The predicted octanol–water partition coefficient (Wildman–Crippen LogP) is 4.32. The van der Waals surface area contributed by atoms with Crippen molar-refractivity contribution in [2.24, 2.45) is 10.1 Å². The molecule has 2 N–H and O–H groups in total. The van der Waals surface area contributed by atoms with E-state index in [4.69, 9.17) is 16.4 Å². The Hall–Kier alpha value is -2.79. The summed E-state index contributed by atoms with van der Waals surface area (Å²) in [4.78, 5) is 12.6. The first-order valence-corrected chi connectivity index (χ1v) is 7.78. The molecule has 1 aromatic heterocycles. The van der Waals surface area contributed by atoms with Gasteiger partial charge in [0.05, 0.1) is 11.3 Å². The third kappa shape index (κ3) is 2.09. The predicted molar refractivity (Wildman–Crippen MR) is 95.9 cm³/mol. The van der Waals surface area contributed by atoms with E-state index in [-0.39, 0.29) is 5.88 Å². The van der Waals surface area contributed by atoms with Crippen LogP contribution in [0.5, 0.6) is 5.88 Å². The SMILES string of the molecule is CO/N=C1/C(c2c(O)[nH]c3cc(C)c(Cl)cc23)=Nc2ccccc21.